The Morgan fingerprint density at radius 2 is 0.694 bits per heavy atom. The molecule has 1 aromatic rings. The van der Waals surface area contributed by atoms with E-state index in [2.05, 4.69) is 10.6 Å². The molecule has 616 valence electrons. The van der Waals surface area contributed by atoms with Crippen molar-refractivity contribution in [2.45, 2.75) is 290 Å². The third-order valence-electron chi connectivity index (χ3n) is 20.2. The molecule has 3 fully saturated rings. The second-order valence-electron chi connectivity index (χ2n) is 29.6. The summed E-state index contributed by atoms with van der Waals surface area (Å²) in [4.78, 5) is 125. The van der Waals surface area contributed by atoms with E-state index in [9.17, 15) is 63.3 Å². The first-order valence-electron chi connectivity index (χ1n) is 39.5. The number of esters is 3. The number of hydrogen-bond acceptors (Lipinski definition) is 26. The number of nitrogens with one attached hydrogen (secondary N) is 2. The Morgan fingerprint density at radius 1 is 0.380 bits per heavy atom. The fraction of sp³-hybridized carbons (Fsp3) is 0.800. The average Bonchev–Trinajstić information content (AvgIpc) is 0.827. The molecule has 3 aliphatic heterocycles. The van der Waals surface area contributed by atoms with Gasteiger partial charge in [0.05, 0.1) is 76.3 Å². The number of aliphatic hydroxyl groups is 3. The van der Waals surface area contributed by atoms with E-state index in [0.717, 1.165) is 5.56 Å². The van der Waals surface area contributed by atoms with E-state index >= 15 is 0 Å². The monoisotopic (exact) mass is 1530 g/mol. The van der Waals surface area contributed by atoms with Gasteiger partial charge in [-0.1, -0.05) is 84.7 Å². The first-order chi connectivity index (χ1) is 51.7. The van der Waals surface area contributed by atoms with Crippen LogP contribution < -0.4 is 10.6 Å². The summed E-state index contributed by atoms with van der Waals surface area (Å²) in [6.45, 7) is 15.6. The Hall–Kier alpha value is -5.76. The van der Waals surface area contributed by atoms with E-state index < -0.39 is 85.0 Å². The molecule has 6 unspecified atom stereocenters. The minimum Gasteiger partial charge on any atom is -0.463 e. The maximum atomic E-state index is 13.7. The molecule has 3 heterocycles. The van der Waals surface area contributed by atoms with Gasteiger partial charge in [-0.3, -0.25) is 43.2 Å². The van der Waals surface area contributed by atoms with Gasteiger partial charge in [-0.25, -0.2) is 4.79 Å². The Labute approximate surface area is 639 Å². The van der Waals surface area contributed by atoms with Gasteiger partial charge in [0, 0.05) is 153 Å². The third kappa shape index (κ3) is 38.9. The summed E-state index contributed by atoms with van der Waals surface area (Å²) in [7, 11) is 0. The number of carbonyl (C=O) groups excluding carboxylic acids is 10. The summed E-state index contributed by atoms with van der Waals surface area (Å²) in [5.41, 5.74) is -0.698. The fourth-order valence-corrected chi connectivity index (χ4v) is 13.0. The van der Waals surface area contributed by atoms with Gasteiger partial charge in [0.1, 0.15) is 60.9 Å². The lowest BCUT2D eigenvalue weighted by atomic mass is 9.86. The van der Waals surface area contributed by atoms with Crippen LogP contribution >= 0.6 is 0 Å². The molecule has 0 radical (unpaired) electrons. The van der Waals surface area contributed by atoms with Crippen LogP contribution in [0.2, 0.25) is 0 Å². The van der Waals surface area contributed by atoms with Crippen LogP contribution in [-0.4, -0.2) is 221 Å². The van der Waals surface area contributed by atoms with E-state index in [1.807, 2.05) is 59.7 Å². The molecule has 1 aromatic carbocycles. The molecule has 0 spiro atoms. The summed E-state index contributed by atoms with van der Waals surface area (Å²) in [5.74, 6) is -3.00. The number of Topliss-reactive ketones (excluding diaryl/α,β-unsaturated/α-hetero) is 5. The van der Waals surface area contributed by atoms with Gasteiger partial charge >= 0.3 is 24.0 Å². The van der Waals surface area contributed by atoms with Gasteiger partial charge < -0.3 is 87.5 Å². The zero-order valence-electron chi connectivity index (χ0n) is 65.9. The summed E-state index contributed by atoms with van der Waals surface area (Å²) in [5, 5.41) is 38.0. The zero-order chi connectivity index (χ0) is 79.2. The minimum atomic E-state index is -1.43. The molecular formula is C80H130N2O26. The number of benzene rings is 1. The van der Waals surface area contributed by atoms with Crippen LogP contribution in [0.1, 0.15) is 228 Å². The third-order valence-corrected chi connectivity index (χ3v) is 20.2. The Bertz CT molecular complexity index is 2550. The highest BCUT2D eigenvalue weighted by atomic mass is 16.7. The van der Waals surface area contributed by atoms with Crippen molar-refractivity contribution in [2.24, 2.45) is 35.5 Å². The van der Waals surface area contributed by atoms with E-state index in [1.165, 1.54) is 20.8 Å². The number of ketones is 5. The second-order valence-corrected chi connectivity index (χ2v) is 29.6. The quantitative estimate of drug-likeness (QED) is 0.0230. The van der Waals surface area contributed by atoms with Gasteiger partial charge in [0.15, 0.2) is 18.9 Å². The van der Waals surface area contributed by atoms with Crippen molar-refractivity contribution < 1.29 is 125 Å². The number of amides is 2. The summed E-state index contributed by atoms with van der Waals surface area (Å²) in [6.07, 6.45) is 5.00. The maximum absolute atomic E-state index is 13.7. The Kier molecular flexibility index (Phi) is 47.3. The van der Waals surface area contributed by atoms with Crippen molar-refractivity contribution in [3.05, 3.63) is 35.9 Å². The first kappa shape index (κ1) is 94.6. The standard InChI is InChI=1S/C80H130N2O26/c1-54-69(48-102-60(7)83)106-76(57(4)73(54)92)99-41-24-20-34-64(86)29-15-11-17-31-67(89)37-44-96-51-80(82-79(95)105-47-63-27-13-10-14-28-63,52-97-45-38-68(90)32-18-12-16-30-65(87)35-21-25-42-100-77-58(5)74(93)55(2)70(107-77)49-103-61(8)84)53-98-46-39-72(91)81-40-23-19-33-66(88)36-22-26-43-101-78-59(6)75(94)56(3)71(108-78)50-104-62(9)85/h10,13-14,27-28,54-59,69-71,73-78,92-94H,11-12,15-26,29-53H2,1-9H3,(H,81,91)(H,82,95)/t54-,55-,56-,57?,58?,59?,69?,70?,71?,73-,74-,75-,76+,77+,78+,80?/m0/s1. The lowest BCUT2D eigenvalue weighted by Gasteiger charge is -2.42. The number of ether oxygens (including phenoxy) is 13. The Balaban J connectivity index is 1.22. The van der Waals surface area contributed by atoms with Gasteiger partial charge in [0.2, 0.25) is 5.91 Å². The van der Waals surface area contributed by atoms with Crippen molar-refractivity contribution in [1.82, 2.24) is 10.6 Å². The van der Waals surface area contributed by atoms with Gasteiger partial charge in [-0.2, -0.15) is 0 Å². The van der Waals surface area contributed by atoms with Crippen LogP contribution in [0.15, 0.2) is 30.3 Å². The van der Waals surface area contributed by atoms with Gasteiger partial charge in [0.25, 0.3) is 0 Å². The molecule has 28 heteroatoms. The average molecular weight is 1540 g/mol. The topological polar surface area (TPSA) is 375 Å². The molecule has 4 rings (SSSR count). The summed E-state index contributed by atoms with van der Waals surface area (Å²) in [6, 6.07) is 9.07. The highest BCUT2D eigenvalue weighted by Gasteiger charge is 2.44. The highest BCUT2D eigenvalue weighted by molar-refractivity contribution is 5.80. The molecule has 28 nitrogen and oxygen atoms in total. The van der Waals surface area contributed by atoms with Gasteiger partial charge in [-0.05, 0) is 82.6 Å². The summed E-state index contributed by atoms with van der Waals surface area (Å²) < 4.78 is 75.2. The minimum absolute atomic E-state index is 0.0138. The number of hydrogen-bond donors (Lipinski definition) is 5. The van der Waals surface area contributed by atoms with Crippen molar-refractivity contribution in [3.8, 4) is 0 Å². The highest BCUT2D eigenvalue weighted by Crippen LogP contribution is 2.34. The van der Waals surface area contributed by atoms with Crippen LogP contribution in [0.5, 0.6) is 0 Å². The maximum Gasteiger partial charge on any atom is 0.408 e. The Morgan fingerprint density at radius 3 is 1.04 bits per heavy atom. The number of alkyl carbamates (subject to hydrolysis) is 1. The molecule has 108 heavy (non-hydrogen) atoms. The van der Waals surface area contributed by atoms with Crippen LogP contribution in [-0.2, 0) is 111 Å². The predicted molar refractivity (Wildman–Crippen MR) is 395 cm³/mol. The molecule has 3 saturated heterocycles. The van der Waals surface area contributed by atoms with Crippen LogP contribution in [0.3, 0.4) is 0 Å². The molecule has 0 saturated carbocycles. The molecular weight excluding hydrogens is 1400 g/mol. The lowest BCUT2D eigenvalue weighted by Crippen LogP contribution is -2.58. The first-order valence-corrected chi connectivity index (χ1v) is 39.5. The lowest BCUT2D eigenvalue weighted by molar-refractivity contribution is -0.268. The normalized spacial score (nSPS) is 24.7. The zero-order valence-corrected chi connectivity index (χ0v) is 65.9. The van der Waals surface area contributed by atoms with Crippen LogP contribution in [0.25, 0.3) is 0 Å². The smallest absolute Gasteiger partial charge is 0.408 e. The number of rotatable bonds is 59. The molecule has 0 aliphatic carbocycles. The molecule has 15 atom stereocenters. The van der Waals surface area contributed by atoms with E-state index in [-0.39, 0.29) is 169 Å². The molecule has 5 N–H and O–H groups in total. The molecule has 3 aliphatic rings. The van der Waals surface area contributed by atoms with Crippen molar-refractivity contribution >= 4 is 58.8 Å². The number of carbonyl (C=O) groups is 10. The fourth-order valence-electron chi connectivity index (χ4n) is 13.0. The molecule has 0 bridgehead atoms. The number of unbranched alkanes of at least 4 members (excludes halogenated alkanes) is 8. The van der Waals surface area contributed by atoms with Crippen molar-refractivity contribution in [3.63, 3.8) is 0 Å². The molecule has 0 aromatic heterocycles. The SMILES string of the molecule is CC(=O)OCC1O[C@@H](OCCCCC(=O)CCCCCC(=O)CCOCC(COCCC(=O)CCCCCC(=O)CCCCO[C@@H]2OC(COC(C)=O)[C@H](C)[C@H](O)C2C)(COCCC(=O)NCCCCC(=O)CCCCO[C@@H]2OC(COC(C)=O)[C@H](C)[C@H](O)C2C)NC(=O)OCc2ccccc2)C(C)[C@@H](O)[C@H]1C. The van der Waals surface area contributed by atoms with Crippen LogP contribution in [0, 0.1) is 35.5 Å². The largest absolute Gasteiger partial charge is 0.463 e. The van der Waals surface area contributed by atoms with Crippen molar-refractivity contribution in [2.75, 3.05) is 85.8 Å². The van der Waals surface area contributed by atoms with Crippen LogP contribution in [0.4, 0.5) is 4.79 Å². The number of aliphatic hydroxyl groups excluding tert-OH is 3. The molecule has 2 amide bonds. The second kappa shape index (κ2) is 54.0. The summed E-state index contributed by atoms with van der Waals surface area (Å²) >= 11 is 0. The van der Waals surface area contributed by atoms with E-state index in [1.54, 1.807) is 12.1 Å². The van der Waals surface area contributed by atoms with Crippen molar-refractivity contribution in [1.29, 1.82) is 0 Å². The predicted octanol–water partition coefficient (Wildman–Crippen LogP) is 9.23. The van der Waals surface area contributed by atoms with E-state index in [4.69, 9.17) is 61.6 Å². The van der Waals surface area contributed by atoms with Gasteiger partial charge in [-0.15, -0.1) is 0 Å². The van der Waals surface area contributed by atoms with E-state index in [0.29, 0.717) is 155 Å².